The molecule has 0 unspecified atom stereocenters. The van der Waals surface area contributed by atoms with Crippen LogP contribution < -0.4 is 15.4 Å². The average Bonchev–Trinajstić information content (AvgIpc) is 2.67. The zero-order valence-electron chi connectivity index (χ0n) is 15.8. The van der Waals surface area contributed by atoms with Gasteiger partial charge in [0.05, 0.1) is 12.2 Å². The third-order valence-electron chi connectivity index (χ3n) is 3.61. The van der Waals surface area contributed by atoms with Crippen LogP contribution in [0.25, 0.3) is 0 Å². The number of aliphatic imine (C=N–C) groups is 1. The number of pyridine rings is 1. The first kappa shape index (κ1) is 22.7. The number of nitrogens with one attached hydrogen (secondary N) is 2. The van der Waals surface area contributed by atoms with Gasteiger partial charge in [0.25, 0.3) is 5.91 Å². The monoisotopic (exact) mass is 483 g/mol. The highest BCUT2D eigenvalue weighted by Crippen LogP contribution is 2.13. The number of halogens is 1. The van der Waals surface area contributed by atoms with Crippen LogP contribution in [0.4, 0.5) is 0 Å². The molecule has 2 N–H and O–H groups in total. The lowest BCUT2D eigenvalue weighted by molar-refractivity contribution is -0.130. The van der Waals surface area contributed by atoms with Crippen molar-refractivity contribution in [3.05, 3.63) is 59.9 Å². The molecular formula is C19H26IN5O2. The Morgan fingerprint density at radius 3 is 2.59 bits per heavy atom. The number of ether oxygens (including phenoxy) is 1. The summed E-state index contributed by atoms with van der Waals surface area (Å²) in [6.45, 7) is 1.20. The van der Waals surface area contributed by atoms with E-state index in [1.807, 2.05) is 42.5 Å². The van der Waals surface area contributed by atoms with E-state index in [0.29, 0.717) is 24.8 Å². The molecule has 1 heterocycles. The van der Waals surface area contributed by atoms with Gasteiger partial charge in [0.1, 0.15) is 5.75 Å². The summed E-state index contributed by atoms with van der Waals surface area (Å²) in [6.07, 6.45) is 1.76. The molecule has 0 aliphatic heterocycles. The lowest BCUT2D eigenvalue weighted by Gasteiger charge is -2.13. The molecule has 0 spiro atoms. The van der Waals surface area contributed by atoms with E-state index in [9.17, 15) is 4.79 Å². The van der Waals surface area contributed by atoms with Crippen LogP contribution in [0.15, 0.2) is 53.7 Å². The van der Waals surface area contributed by atoms with Crippen LogP contribution in [-0.4, -0.2) is 49.5 Å². The number of rotatable bonds is 7. The number of likely N-dealkylation sites (N-methyl/N-ethyl adjacent to an activating group) is 1. The molecule has 1 aromatic heterocycles. The molecule has 0 aliphatic carbocycles. The number of carbonyl (C=O) groups excluding carboxylic acids is 1. The highest BCUT2D eigenvalue weighted by molar-refractivity contribution is 14.0. The van der Waals surface area contributed by atoms with Crippen LogP contribution in [0.5, 0.6) is 5.75 Å². The van der Waals surface area contributed by atoms with Gasteiger partial charge in [-0.15, -0.1) is 24.0 Å². The van der Waals surface area contributed by atoms with E-state index in [2.05, 4.69) is 20.6 Å². The summed E-state index contributed by atoms with van der Waals surface area (Å²) in [5.41, 5.74) is 1.97. The number of hydrogen-bond acceptors (Lipinski definition) is 4. The van der Waals surface area contributed by atoms with Crippen LogP contribution in [-0.2, 0) is 17.9 Å². The minimum atomic E-state index is -0.0762. The van der Waals surface area contributed by atoms with Gasteiger partial charge in [-0.2, -0.15) is 0 Å². The SMILES string of the molecule is CN=C(NCc1cccc(OCC(=O)N(C)C)c1)NCc1ccccn1.I. The quantitative estimate of drug-likeness (QED) is 0.358. The highest BCUT2D eigenvalue weighted by Gasteiger charge is 2.06. The summed E-state index contributed by atoms with van der Waals surface area (Å²) in [7, 11) is 5.13. The Morgan fingerprint density at radius 2 is 1.93 bits per heavy atom. The molecule has 0 radical (unpaired) electrons. The number of hydrogen-bond donors (Lipinski definition) is 2. The standard InChI is InChI=1S/C19H25N5O2.HI/c1-20-19(23-13-16-8-4-5-10-21-16)22-12-15-7-6-9-17(11-15)26-14-18(25)24(2)3;/h4-11H,12-14H2,1-3H3,(H2,20,22,23);1H. The Labute approximate surface area is 177 Å². The number of benzene rings is 1. The molecule has 8 heteroatoms. The summed E-state index contributed by atoms with van der Waals surface area (Å²) in [5.74, 6) is 1.27. The van der Waals surface area contributed by atoms with Gasteiger partial charge < -0.3 is 20.3 Å². The topological polar surface area (TPSA) is 78.9 Å². The van der Waals surface area contributed by atoms with Gasteiger partial charge in [0.2, 0.25) is 0 Å². The first-order valence-electron chi connectivity index (χ1n) is 8.35. The van der Waals surface area contributed by atoms with Gasteiger partial charge >= 0.3 is 0 Å². The minimum absolute atomic E-state index is 0. The highest BCUT2D eigenvalue weighted by atomic mass is 127. The minimum Gasteiger partial charge on any atom is -0.484 e. The van der Waals surface area contributed by atoms with Crippen molar-refractivity contribution in [1.82, 2.24) is 20.5 Å². The zero-order chi connectivity index (χ0) is 18.8. The van der Waals surface area contributed by atoms with Gasteiger partial charge in [-0.05, 0) is 29.8 Å². The molecule has 1 aromatic carbocycles. The van der Waals surface area contributed by atoms with Gasteiger partial charge in [-0.25, -0.2) is 0 Å². The van der Waals surface area contributed by atoms with E-state index in [-0.39, 0.29) is 36.5 Å². The van der Waals surface area contributed by atoms with E-state index < -0.39 is 0 Å². The predicted molar refractivity (Wildman–Crippen MR) is 117 cm³/mol. The van der Waals surface area contributed by atoms with Gasteiger partial charge in [-0.1, -0.05) is 18.2 Å². The summed E-state index contributed by atoms with van der Waals surface area (Å²) in [4.78, 5) is 21.6. The molecule has 0 bridgehead atoms. The van der Waals surface area contributed by atoms with Gasteiger partial charge in [-0.3, -0.25) is 14.8 Å². The molecule has 27 heavy (non-hydrogen) atoms. The van der Waals surface area contributed by atoms with Crippen LogP contribution in [0.1, 0.15) is 11.3 Å². The van der Waals surface area contributed by atoms with E-state index in [1.165, 1.54) is 4.90 Å². The molecule has 0 saturated carbocycles. The fraction of sp³-hybridized carbons (Fsp3) is 0.316. The number of carbonyl (C=O) groups is 1. The fourth-order valence-electron chi connectivity index (χ4n) is 2.10. The third kappa shape index (κ3) is 8.25. The van der Waals surface area contributed by atoms with Crippen LogP contribution in [0, 0.1) is 0 Å². The smallest absolute Gasteiger partial charge is 0.259 e. The van der Waals surface area contributed by atoms with E-state index in [1.54, 1.807) is 27.3 Å². The van der Waals surface area contributed by atoms with E-state index in [0.717, 1.165) is 11.3 Å². The number of guanidine groups is 1. The van der Waals surface area contributed by atoms with E-state index in [4.69, 9.17) is 4.74 Å². The molecule has 0 fully saturated rings. The fourth-order valence-corrected chi connectivity index (χ4v) is 2.10. The Hall–Kier alpha value is -2.36. The van der Waals surface area contributed by atoms with Crippen molar-refractivity contribution in [3.63, 3.8) is 0 Å². The van der Waals surface area contributed by atoms with E-state index >= 15 is 0 Å². The summed E-state index contributed by atoms with van der Waals surface area (Å²) in [6, 6.07) is 13.4. The van der Waals surface area contributed by atoms with Crippen LogP contribution in [0.2, 0.25) is 0 Å². The maximum atomic E-state index is 11.6. The molecule has 7 nitrogen and oxygen atoms in total. The summed E-state index contributed by atoms with van der Waals surface area (Å²) in [5, 5.41) is 6.46. The number of aromatic nitrogens is 1. The second kappa shape index (κ2) is 12.1. The molecule has 2 aromatic rings. The molecule has 1 amide bonds. The first-order chi connectivity index (χ1) is 12.6. The number of nitrogens with zero attached hydrogens (tertiary/aromatic N) is 3. The first-order valence-corrected chi connectivity index (χ1v) is 8.35. The molecule has 0 aliphatic rings. The van der Waals surface area contributed by atoms with Crippen molar-refractivity contribution < 1.29 is 9.53 Å². The molecule has 0 atom stereocenters. The average molecular weight is 483 g/mol. The molecule has 0 saturated heterocycles. The van der Waals surface area contributed by atoms with Crippen LogP contribution >= 0.6 is 24.0 Å². The Balaban J connectivity index is 0.00000364. The van der Waals surface area contributed by atoms with Gasteiger partial charge in [0, 0.05) is 33.9 Å². The van der Waals surface area contributed by atoms with Crippen molar-refractivity contribution in [3.8, 4) is 5.75 Å². The van der Waals surface area contributed by atoms with Gasteiger partial charge in [0.15, 0.2) is 12.6 Å². The number of amides is 1. The predicted octanol–water partition coefficient (Wildman–Crippen LogP) is 2.03. The lowest BCUT2D eigenvalue weighted by Crippen LogP contribution is -2.36. The molecular weight excluding hydrogens is 457 g/mol. The Morgan fingerprint density at radius 1 is 1.15 bits per heavy atom. The second-order valence-electron chi connectivity index (χ2n) is 5.82. The van der Waals surface area contributed by atoms with Crippen molar-refractivity contribution >= 4 is 35.8 Å². The maximum absolute atomic E-state index is 11.6. The normalized spacial score (nSPS) is 10.6. The maximum Gasteiger partial charge on any atom is 0.259 e. The van der Waals surface area contributed by atoms with Crippen LogP contribution in [0.3, 0.4) is 0 Å². The summed E-state index contributed by atoms with van der Waals surface area (Å²) >= 11 is 0. The van der Waals surface area contributed by atoms with Crippen molar-refractivity contribution in [2.45, 2.75) is 13.1 Å². The second-order valence-corrected chi connectivity index (χ2v) is 5.82. The lowest BCUT2D eigenvalue weighted by atomic mass is 10.2. The van der Waals surface area contributed by atoms with Crippen molar-refractivity contribution in [2.24, 2.45) is 4.99 Å². The van der Waals surface area contributed by atoms with Crippen molar-refractivity contribution in [1.29, 1.82) is 0 Å². The third-order valence-corrected chi connectivity index (χ3v) is 3.61. The Bertz CT molecular complexity index is 738. The largest absolute Gasteiger partial charge is 0.484 e. The molecule has 146 valence electrons. The molecule has 2 rings (SSSR count). The van der Waals surface area contributed by atoms with Crippen molar-refractivity contribution in [2.75, 3.05) is 27.7 Å². The Kier molecular flexibility index (Phi) is 10.2. The summed E-state index contributed by atoms with van der Waals surface area (Å²) < 4.78 is 5.54. The zero-order valence-corrected chi connectivity index (χ0v) is 18.1.